The topological polar surface area (TPSA) is 25.6 Å². The molecule has 2 aliphatic heterocycles. The largest absolute Gasteiger partial charge is 0.464 e. The van der Waals surface area contributed by atoms with Crippen LogP contribution in [0.3, 0.4) is 0 Å². The maximum Gasteiger partial charge on any atom is 0.129 e. The molecule has 1 fully saturated rings. The number of hydroxylamine groups is 1. The van der Waals surface area contributed by atoms with Crippen molar-refractivity contribution in [3.63, 3.8) is 0 Å². The molecule has 3 heterocycles. The first-order valence-corrected chi connectivity index (χ1v) is 6.51. The highest BCUT2D eigenvalue weighted by Crippen LogP contribution is 2.45. The van der Waals surface area contributed by atoms with Gasteiger partial charge < -0.3 is 4.42 Å². The summed E-state index contributed by atoms with van der Waals surface area (Å²) in [6, 6.07) is 8.91. The number of rotatable bonds is 1. The summed E-state index contributed by atoms with van der Waals surface area (Å²) < 4.78 is 19.0. The molecule has 0 amide bonds. The van der Waals surface area contributed by atoms with Gasteiger partial charge in [0.1, 0.15) is 23.4 Å². The van der Waals surface area contributed by atoms with Gasteiger partial charge in [0.2, 0.25) is 0 Å². The fourth-order valence-corrected chi connectivity index (χ4v) is 3.01. The van der Waals surface area contributed by atoms with Gasteiger partial charge in [-0.3, -0.25) is 4.84 Å². The molecule has 1 saturated heterocycles. The van der Waals surface area contributed by atoms with E-state index in [4.69, 9.17) is 9.25 Å². The maximum atomic E-state index is 13.3. The summed E-state index contributed by atoms with van der Waals surface area (Å²) in [7, 11) is 0. The van der Waals surface area contributed by atoms with Crippen LogP contribution in [0.1, 0.15) is 29.5 Å². The van der Waals surface area contributed by atoms with Gasteiger partial charge in [-0.1, -0.05) is 0 Å². The molecule has 1 aromatic carbocycles. The van der Waals surface area contributed by atoms with Crippen molar-refractivity contribution in [2.24, 2.45) is 0 Å². The summed E-state index contributed by atoms with van der Waals surface area (Å²) in [5, 5.41) is 1.88. The van der Waals surface area contributed by atoms with Crippen LogP contribution in [-0.2, 0) is 11.3 Å². The van der Waals surface area contributed by atoms with Crippen LogP contribution in [0.15, 0.2) is 34.7 Å². The Morgan fingerprint density at radius 2 is 2.16 bits per heavy atom. The summed E-state index contributed by atoms with van der Waals surface area (Å²) >= 11 is 0. The molecule has 0 radical (unpaired) electrons. The number of hydrogen-bond donors (Lipinski definition) is 0. The summed E-state index contributed by atoms with van der Waals surface area (Å²) in [6.45, 7) is 1.93. The van der Waals surface area contributed by atoms with E-state index in [9.17, 15) is 4.39 Å². The Morgan fingerprint density at radius 3 is 2.95 bits per heavy atom. The first kappa shape index (κ1) is 11.1. The van der Waals surface area contributed by atoms with E-state index >= 15 is 0 Å². The van der Waals surface area contributed by atoms with Crippen LogP contribution in [0.5, 0.6) is 0 Å². The average molecular weight is 259 g/mol. The molecular weight excluding hydrogens is 245 g/mol. The van der Waals surface area contributed by atoms with Crippen molar-refractivity contribution in [2.45, 2.75) is 31.9 Å². The molecule has 0 saturated carbocycles. The molecule has 2 aromatic rings. The van der Waals surface area contributed by atoms with Gasteiger partial charge in [0.05, 0.1) is 11.8 Å². The minimum Gasteiger partial charge on any atom is -0.464 e. The Morgan fingerprint density at radius 1 is 1.26 bits per heavy atom. The van der Waals surface area contributed by atoms with Gasteiger partial charge in [0.15, 0.2) is 0 Å². The highest BCUT2D eigenvalue weighted by Gasteiger charge is 2.41. The zero-order chi connectivity index (χ0) is 13.0. The Labute approximate surface area is 110 Å². The van der Waals surface area contributed by atoms with Crippen molar-refractivity contribution in [1.29, 1.82) is 0 Å². The number of halogens is 1. The van der Waals surface area contributed by atoms with Gasteiger partial charge >= 0.3 is 0 Å². The minimum absolute atomic E-state index is 0.0883. The van der Waals surface area contributed by atoms with Crippen LogP contribution in [0.4, 0.5) is 10.1 Å². The summed E-state index contributed by atoms with van der Waals surface area (Å²) in [6.07, 6.45) is 1.76. The standard InChI is InChI=1S/C15H14FNO2/c1-9-2-5-15(18-9)14-8-12-7-10-6-11(16)3-4-13(10)17(14)19-12/h2-6,12,14H,7-8H2,1H3/t12-,14+/m1/s1. The smallest absolute Gasteiger partial charge is 0.129 e. The zero-order valence-electron chi connectivity index (χ0n) is 10.6. The molecule has 3 nitrogen and oxygen atoms in total. The average Bonchev–Trinajstić information content (AvgIpc) is 2.94. The van der Waals surface area contributed by atoms with E-state index in [1.807, 2.05) is 24.1 Å². The van der Waals surface area contributed by atoms with Gasteiger partial charge in [0.25, 0.3) is 0 Å². The van der Waals surface area contributed by atoms with E-state index in [-0.39, 0.29) is 18.0 Å². The summed E-state index contributed by atoms with van der Waals surface area (Å²) in [5.74, 6) is 1.63. The predicted molar refractivity (Wildman–Crippen MR) is 68.3 cm³/mol. The molecule has 1 aromatic heterocycles. The molecule has 2 bridgehead atoms. The van der Waals surface area contributed by atoms with Crippen molar-refractivity contribution >= 4 is 5.69 Å². The first-order chi connectivity index (χ1) is 9.20. The first-order valence-electron chi connectivity index (χ1n) is 6.51. The van der Waals surface area contributed by atoms with Gasteiger partial charge in [-0.2, -0.15) is 0 Å². The number of furan rings is 1. The molecule has 2 aliphatic rings. The normalized spacial score (nSPS) is 24.6. The molecule has 0 aliphatic carbocycles. The van der Waals surface area contributed by atoms with Gasteiger partial charge in [-0.25, -0.2) is 9.45 Å². The number of fused-ring (bicyclic) bond motifs is 4. The quantitative estimate of drug-likeness (QED) is 0.783. The predicted octanol–water partition coefficient (Wildman–Crippen LogP) is 3.53. The maximum absolute atomic E-state index is 13.3. The van der Waals surface area contributed by atoms with Crippen molar-refractivity contribution < 1.29 is 13.6 Å². The van der Waals surface area contributed by atoms with E-state index in [2.05, 4.69) is 0 Å². The molecule has 0 spiro atoms. The lowest BCUT2D eigenvalue weighted by molar-refractivity contribution is 0.0723. The highest BCUT2D eigenvalue weighted by atomic mass is 19.1. The minimum atomic E-state index is -0.188. The molecule has 98 valence electrons. The lowest BCUT2D eigenvalue weighted by Gasteiger charge is -2.29. The van der Waals surface area contributed by atoms with Crippen LogP contribution in [0.25, 0.3) is 0 Å². The van der Waals surface area contributed by atoms with Crippen molar-refractivity contribution in [3.8, 4) is 0 Å². The molecule has 0 unspecified atom stereocenters. The summed E-state index contributed by atoms with van der Waals surface area (Å²) in [5.41, 5.74) is 1.97. The molecule has 0 N–H and O–H groups in total. The van der Waals surface area contributed by atoms with Crippen LogP contribution in [0, 0.1) is 12.7 Å². The lowest BCUT2D eigenvalue weighted by Crippen LogP contribution is -2.27. The SMILES string of the molecule is Cc1ccc([C@@H]2C[C@H]3Cc4cc(F)ccc4N2O3)o1. The fourth-order valence-electron chi connectivity index (χ4n) is 3.01. The van der Waals surface area contributed by atoms with Crippen LogP contribution in [0.2, 0.25) is 0 Å². The zero-order valence-corrected chi connectivity index (χ0v) is 10.6. The lowest BCUT2D eigenvalue weighted by atomic mass is 10.0. The third-order valence-electron chi connectivity index (χ3n) is 3.85. The Bertz CT molecular complexity index is 637. The van der Waals surface area contributed by atoms with Crippen molar-refractivity contribution in [2.75, 3.05) is 5.06 Å². The van der Waals surface area contributed by atoms with Crippen LogP contribution < -0.4 is 5.06 Å². The van der Waals surface area contributed by atoms with Crippen molar-refractivity contribution in [3.05, 3.63) is 53.2 Å². The van der Waals surface area contributed by atoms with Crippen molar-refractivity contribution in [1.82, 2.24) is 0 Å². The summed E-state index contributed by atoms with van der Waals surface area (Å²) in [4.78, 5) is 5.89. The van der Waals surface area contributed by atoms with Crippen LogP contribution in [-0.4, -0.2) is 6.10 Å². The Kier molecular flexibility index (Phi) is 2.23. The number of benzene rings is 1. The van der Waals surface area contributed by atoms with E-state index in [0.717, 1.165) is 35.6 Å². The highest BCUT2D eigenvalue weighted by molar-refractivity contribution is 5.56. The second-order valence-corrected chi connectivity index (χ2v) is 5.23. The van der Waals surface area contributed by atoms with Gasteiger partial charge in [0, 0.05) is 12.8 Å². The molecule has 19 heavy (non-hydrogen) atoms. The van der Waals surface area contributed by atoms with E-state index in [0.29, 0.717) is 0 Å². The molecule has 4 rings (SSSR count). The second kappa shape index (κ2) is 3.84. The van der Waals surface area contributed by atoms with E-state index in [1.54, 1.807) is 12.1 Å². The number of anilines is 1. The number of nitrogens with zero attached hydrogens (tertiary/aromatic N) is 1. The van der Waals surface area contributed by atoms with Gasteiger partial charge in [-0.05, 0) is 42.8 Å². The fraction of sp³-hybridized carbons (Fsp3) is 0.333. The van der Waals surface area contributed by atoms with Gasteiger partial charge in [-0.15, -0.1) is 0 Å². The number of hydrogen-bond acceptors (Lipinski definition) is 3. The van der Waals surface area contributed by atoms with Crippen LogP contribution >= 0.6 is 0 Å². The molecular formula is C15H14FNO2. The second-order valence-electron chi connectivity index (χ2n) is 5.23. The number of aryl methyl sites for hydroxylation is 1. The Hall–Kier alpha value is -1.81. The molecule has 2 atom stereocenters. The Balaban J connectivity index is 1.77. The third kappa shape index (κ3) is 1.67. The third-order valence-corrected chi connectivity index (χ3v) is 3.85. The van der Waals surface area contributed by atoms with E-state index < -0.39 is 0 Å². The monoisotopic (exact) mass is 259 g/mol. The molecule has 4 heteroatoms. The van der Waals surface area contributed by atoms with E-state index in [1.165, 1.54) is 6.07 Å².